The van der Waals surface area contributed by atoms with Crippen molar-refractivity contribution in [3.63, 3.8) is 0 Å². The summed E-state index contributed by atoms with van der Waals surface area (Å²) in [4.78, 5) is 13.1. The Kier molecular flexibility index (Phi) is 4.35. The topological polar surface area (TPSA) is 81.1 Å². The lowest BCUT2D eigenvalue weighted by Crippen LogP contribution is -2.34. The molecule has 0 spiro atoms. The minimum absolute atomic E-state index is 0. The molecule has 4 rings (SSSR count). The van der Waals surface area contributed by atoms with Crippen LogP contribution in [-0.4, -0.2) is 29.2 Å². The quantitative estimate of drug-likeness (QED) is 0.757. The number of nitrogens with zero attached hydrogens (tertiary/aromatic N) is 4. The zero-order chi connectivity index (χ0) is 15.3. The van der Waals surface area contributed by atoms with Crippen molar-refractivity contribution in [3.8, 4) is 10.8 Å². The fourth-order valence-corrected chi connectivity index (χ4v) is 4.83. The molecule has 0 aliphatic heterocycles. The molecule has 0 bridgehead atoms. The van der Waals surface area contributed by atoms with E-state index < -0.39 is 5.54 Å². The van der Waals surface area contributed by atoms with Crippen LogP contribution < -0.4 is 10.6 Å². The molecule has 0 atom stereocenters. The van der Waals surface area contributed by atoms with Gasteiger partial charge in [0, 0.05) is 14.1 Å². The van der Waals surface area contributed by atoms with E-state index in [0.717, 1.165) is 45.2 Å². The average molecular weight is 372 g/mol. The van der Waals surface area contributed by atoms with Crippen LogP contribution in [0.1, 0.15) is 31.5 Å². The van der Waals surface area contributed by atoms with Crippen molar-refractivity contribution in [3.05, 3.63) is 11.9 Å². The van der Waals surface area contributed by atoms with Crippen LogP contribution in [-0.2, 0) is 5.54 Å². The third-order valence-corrected chi connectivity index (χ3v) is 6.35. The first-order valence-electron chi connectivity index (χ1n) is 7.26. The van der Waals surface area contributed by atoms with Crippen LogP contribution in [0.3, 0.4) is 0 Å². The van der Waals surface area contributed by atoms with Crippen molar-refractivity contribution in [2.24, 2.45) is 5.73 Å². The zero-order valence-electron chi connectivity index (χ0n) is 12.9. The third-order valence-electron chi connectivity index (χ3n) is 4.04. The molecule has 1 fully saturated rings. The van der Waals surface area contributed by atoms with Crippen LogP contribution >= 0.6 is 35.1 Å². The summed E-state index contributed by atoms with van der Waals surface area (Å²) in [6.45, 7) is 0. The Morgan fingerprint density at radius 3 is 2.61 bits per heavy atom. The average Bonchev–Trinajstić information content (AvgIpc) is 3.20. The van der Waals surface area contributed by atoms with E-state index in [4.69, 9.17) is 10.3 Å². The standard InChI is InChI=1S/C14H17N5OS2.ClH/c1-19(2)13-17-11-9(22-13)7-8(21-11)10-16-12(18-20-10)14(15)5-3-4-6-14;/h7H,3-6,15H2,1-2H3;1H. The van der Waals surface area contributed by atoms with Crippen LogP contribution in [0.4, 0.5) is 5.13 Å². The number of thiophene rings is 1. The highest BCUT2D eigenvalue weighted by Gasteiger charge is 2.36. The molecule has 1 saturated carbocycles. The maximum Gasteiger partial charge on any atom is 0.268 e. The van der Waals surface area contributed by atoms with Gasteiger partial charge >= 0.3 is 0 Å². The maximum atomic E-state index is 6.38. The van der Waals surface area contributed by atoms with E-state index in [9.17, 15) is 0 Å². The number of halogens is 1. The molecule has 1 aliphatic carbocycles. The molecule has 0 saturated heterocycles. The largest absolute Gasteiger partial charge is 0.354 e. The Balaban J connectivity index is 0.00000156. The van der Waals surface area contributed by atoms with Crippen molar-refractivity contribution in [2.45, 2.75) is 31.2 Å². The van der Waals surface area contributed by atoms with E-state index in [1.54, 1.807) is 22.7 Å². The molecular formula is C14H18ClN5OS2. The van der Waals surface area contributed by atoms with Crippen LogP contribution in [0.5, 0.6) is 0 Å². The van der Waals surface area contributed by atoms with Crippen LogP contribution in [0.15, 0.2) is 10.6 Å². The Morgan fingerprint density at radius 1 is 1.22 bits per heavy atom. The Bertz CT molecular complexity index is 787. The van der Waals surface area contributed by atoms with Gasteiger partial charge < -0.3 is 15.2 Å². The second-order valence-corrected chi connectivity index (χ2v) is 8.00. The van der Waals surface area contributed by atoms with E-state index >= 15 is 0 Å². The van der Waals surface area contributed by atoms with Crippen molar-refractivity contribution >= 4 is 49.7 Å². The molecule has 1 aliphatic rings. The van der Waals surface area contributed by atoms with E-state index in [1.807, 2.05) is 19.0 Å². The lowest BCUT2D eigenvalue weighted by atomic mass is 9.99. The lowest BCUT2D eigenvalue weighted by molar-refractivity contribution is 0.373. The fourth-order valence-electron chi connectivity index (χ4n) is 2.78. The van der Waals surface area contributed by atoms with Gasteiger partial charge in [-0.1, -0.05) is 29.3 Å². The molecule has 2 N–H and O–H groups in total. The van der Waals surface area contributed by atoms with Crippen molar-refractivity contribution < 1.29 is 4.52 Å². The van der Waals surface area contributed by atoms with E-state index in [0.29, 0.717) is 11.7 Å². The second-order valence-electron chi connectivity index (χ2n) is 5.96. The van der Waals surface area contributed by atoms with Gasteiger partial charge in [0.15, 0.2) is 11.0 Å². The molecule has 23 heavy (non-hydrogen) atoms. The smallest absolute Gasteiger partial charge is 0.268 e. The molecule has 3 aromatic heterocycles. The monoisotopic (exact) mass is 371 g/mol. The number of hydrogen-bond donors (Lipinski definition) is 1. The molecule has 3 heterocycles. The summed E-state index contributed by atoms with van der Waals surface area (Å²) in [6, 6.07) is 2.07. The van der Waals surface area contributed by atoms with E-state index in [-0.39, 0.29) is 12.4 Å². The summed E-state index contributed by atoms with van der Waals surface area (Å²) in [5, 5.41) is 5.12. The highest BCUT2D eigenvalue weighted by Crippen LogP contribution is 2.39. The Labute approximate surface area is 148 Å². The molecule has 0 radical (unpaired) electrons. The number of nitrogens with two attached hydrogens (primary N) is 1. The predicted molar refractivity (Wildman–Crippen MR) is 96.7 cm³/mol. The van der Waals surface area contributed by atoms with Gasteiger partial charge in [-0.15, -0.1) is 23.7 Å². The van der Waals surface area contributed by atoms with Crippen molar-refractivity contribution in [2.75, 3.05) is 19.0 Å². The lowest BCUT2D eigenvalue weighted by Gasteiger charge is -2.17. The molecule has 0 amide bonds. The zero-order valence-corrected chi connectivity index (χ0v) is 15.4. The summed E-state index contributed by atoms with van der Waals surface area (Å²) in [7, 11) is 3.99. The molecular weight excluding hydrogens is 354 g/mol. The van der Waals surface area contributed by atoms with E-state index in [1.165, 1.54) is 0 Å². The third kappa shape index (κ3) is 2.84. The Morgan fingerprint density at radius 2 is 1.96 bits per heavy atom. The van der Waals surface area contributed by atoms with Crippen LogP contribution in [0.25, 0.3) is 20.3 Å². The van der Waals surface area contributed by atoms with Crippen LogP contribution in [0.2, 0.25) is 0 Å². The summed E-state index contributed by atoms with van der Waals surface area (Å²) in [6.07, 6.45) is 4.12. The number of thiazole rings is 1. The van der Waals surface area contributed by atoms with Gasteiger partial charge in [-0.2, -0.15) is 4.98 Å². The van der Waals surface area contributed by atoms with E-state index in [2.05, 4.69) is 21.2 Å². The highest BCUT2D eigenvalue weighted by atomic mass is 35.5. The minimum Gasteiger partial charge on any atom is -0.354 e. The van der Waals surface area contributed by atoms with Gasteiger partial charge in [-0.25, -0.2) is 4.98 Å². The first-order chi connectivity index (χ1) is 10.5. The molecule has 0 aromatic carbocycles. The first-order valence-corrected chi connectivity index (χ1v) is 8.90. The maximum absolute atomic E-state index is 6.38. The number of anilines is 1. The number of rotatable bonds is 3. The number of fused-ring (bicyclic) bond motifs is 1. The van der Waals surface area contributed by atoms with Crippen molar-refractivity contribution in [1.82, 2.24) is 15.1 Å². The predicted octanol–water partition coefficient (Wildman–Crippen LogP) is 3.62. The van der Waals surface area contributed by atoms with Gasteiger partial charge in [0.2, 0.25) is 0 Å². The number of hydrogen-bond acceptors (Lipinski definition) is 8. The van der Waals surface area contributed by atoms with Gasteiger partial charge in [0.05, 0.1) is 15.1 Å². The SMILES string of the molecule is CN(C)c1nc2sc(-c3nc(C4(N)CCCC4)no3)cc2s1.Cl. The van der Waals surface area contributed by atoms with Gasteiger partial charge in [-0.05, 0) is 18.9 Å². The number of aromatic nitrogens is 3. The summed E-state index contributed by atoms with van der Waals surface area (Å²) in [5.74, 6) is 1.19. The summed E-state index contributed by atoms with van der Waals surface area (Å²) < 4.78 is 6.59. The first kappa shape index (κ1) is 16.6. The normalized spacial score (nSPS) is 16.7. The van der Waals surface area contributed by atoms with Gasteiger partial charge in [-0.3, -0.25) is 0 Å². The van der Waals surface area contributed by atoms with Crippen LogP contribution in [0, 0.1) is 0 Å². The van der Waals surface area contributed by atoms with Crippen molar-refractivity contribution in [1.29, 1.82) is 0 Å². The minimum atomic E-state index is -0.410. The summed E-state index contributed by atoms with van der Waals surface area (Å²) in [5.41, 5.74) is 5.97. The van der Waals surface area contributed by atoms with Gasteiger partial charge in [0.1, 0.15) is 4.83 Å². The summed E-state index contributed by atoms with van der Waals surface area (Å²) >= 11 is 3.24. The molecule has 6 nitrogen and oxygen atoms in total. The molecule has 9 heteroatoms. The van der Waals surface area contributed by atoms with Gasteiger partial charge in [0.25, 0.3) is 5.89 Å². The molecule has 0 unspecified atom stereocenters. The Hall–Kier alpha value is -1.22. The second kappa shape index (κ2) is 6.01. The fraction of sp³-hybridized carbons (Fsp3) is 0.500. The molecule has 124 valence electrons. The highest BCUT2D eigenvalue weighted by molar-refractivity contribution is 7.30. The molecule has 3 aromatic rings.